The molecule has 1 aromatic carbocycles. The lowest BCUT2D eigenvalue weighted by atomic mass is 10.1. The highest BCUT2D eigenvalue weighted by Crippen LogP contribution is 2.25. The molecule has 10 heteroatoms. The van der Waals surface area contributed by atoms with Crippen LogP contribution in [-0.4, -0.2) is 92.9 Å². The van der Waals surface area contributed by atoms with E-state index < -0.39 is 16.1 Å². The molecule has 2 saturated heterocycles. The molecule has 1 aromatic rings. The Balaban J connectivity index is 1.89. The fourth-order valence-electron chi connectivity index (χ4n) is 3.86. The molecule has 30 heavy (non-hydrogen) atoms. The summed E-state index contributed by atoms with van der Waals surface area (Å²) in [6, 6.07) is 5.74. The molecule has 2 heterocycles. The number of likely N-dealkylation sites (N-methyl/N-ethyl adjacent to an activating group) is 1. The van der Waals surface area contributed by atoms with Crippen molar-refractivity contribution in [3.8, 4) is 0 Å². The number of hydrogen-bond acceptors (Lipinski definition) is 5. The lowest BCUT2D eigenvalue weighted by Crippen LogP contribution is -2.61. The highest BCUT2D eigenvalue weighted by atomic mass is 32.2. The Morgan fingerprint density at radius 2 is 1.80 bits per heavy atom. The summed E-state index contributed by atoms with van der Waals surface area (Å²) >= 11 is 0. The van der Waals surface area contributed by atoms with Crippen molar-refractivity contribution in [3.63, 3.8) is 0 Å². The largest absolute Gasteiger partial charge is 0.347 e. The second kappa shape index (κ2) is 8.63. The highest BCUT2D eigenvalue weighted by Gasteiger charge is 2.37. The Hall–Kier alpha value is -2.62. The number of hydrogen-bond donors (Lipinski definition) is 0. The lowest BCUT2D eigenvalue weighted by Gasteiger charge is -2.41. The van der Waals surface area contributed by atoms with Gasteiger partial charge in [-0.3, -0.25) is 18.7 Å². The molecular weight excluding hydrogens is 408 g/mol. The molecule has 0 saturated carbocycles. The maximum absolute atomic E-state index is 13.3. The Morgan fingerprint density at radius 3 is 2.43 bits per heavy atom. The van der Waals surface area contributed by atoms with Crippen molar-refractivity contribution in [2.75, 3.05) is 50.3 Å². The molecule has 0 aromatic heterocycles. The van der Waals surface area contributed by atoms with Gasteiger partial charge in [-0.25, -0.2) is 8.42 Å². The number of sulfonamides is 1. The van der Waals surface area contributed by atoms with E-state index in [4.69, 9.17) is 0 Å². The van der Waals surface area contributed by atoms with E-state index in [1.165, 1.54) is 21.0 Å². The number of anilines is 1. The van der Waals surface area contributed by atoms with E-state index in [0.717, 1.165) is 6.42 Å². The number of carbonyl (C=O) groups is 3. The highest BCUT2D eigenvalue weighted by molar-refractivity contribution is 7.92. The first-order chi connectivity index (χ1) is 14.1. The molecule has 3 rings (SSSR count). The average molecular weight is 437 g/mol. The van der Waals surface area contributed by atoms with Crippen molar-refractivity contribution in [2.24, 2.45) is 0 Å². The summed E-state index contributed by atoms with van der Waals surface area (Å²) in [6.45, 7) is 2.54. The molecule has 164 valence electrons. The van der Waals surface area contributed by atoms with Gasteiger partial charge in [-0.15, -0.1) is 0 Å². The van der Waals surface area contributed by atoms with Gasteiger partial charge in [-0.2, -0.15) is 0 Å². The summed E-state index contributed by atoms with van der Waals surface area (Å²) in [5.74, 6) is -0.660. The Bertz CT molecular complexity index is 946. The first kappa shape index (κ1) is 22.1. The van der Waals surface area contributed by atoms with Crippen LogP contribution in [0.5, 0.6) is 0 Å². The van der Waals surface area contributed by atoms with Crippen LogP contribution >= 0.6 is 0 Å². The van der Waals surface area contributed by atoms with E-state index in [2.05, 4.69) is 0 Å². The second-order valence-corrected chi connectivity index (χ2v) is 9.87. The van der Waals surface area contributed by atoms with Crippen LogP contribution in [0.2, 0.25) is 0 Å². The van der Waals surface area contributed by atoms with E-state index in [9.17, 15) is 22.8 Å². The van der Waals surface area contributed by atoms with Gasteiger partial charge in [0.05, 0.1) is 18.0 Å². The van der Waals surface area contributed by atoms with Crippen molar-refractivity contribution in [1.29, 1.82) is 0 Å². The van der Waals surface area contributed by atoms with Crippen LogP contribution in [0.3, 0.4) is 0 Å². The Kier molecular flexibility index (Phi) is 6.35. The number of piperazine rings is 1. The molecule has 0 N–H and O–H groups in total. The SMILES string of the molecule is CC(=O)N1CCN(C(=O)c2cccc(N3CCCCS3(=O)=O)c2)C(C(=O)N(C)C)C1. The zero-order valence-electron chi connectivity index (χ0n) is 17.6. The van der Waals surface area contributed by atoms with Crippen LogP contribution in [-0.2, 0) is 19.6 Å². The summed E-state index contributed by atoms with van der Waals surface area (Å²) in [4.78, 5) is 42.3. The van der Waals surface area contributed by atoms with Crippen LogP contribution in [0.25, 0.3) is 0 Å². The van der Waals surface area contributed by atoms with E-state index in [-0.39, 0.29) is 36.6 Å². The van der Waals surface area contributed by atoms with Gasteiger partial charge in [0.1, 0.15) is 6.04 Å². The van der Waals surface area contributed by atoms with Gasteiger partial charge >= 0.3 is 0 Å². The van der Waals surface area contributed by atoms with Crippen molar-refractivity contribution in [3.05, 3.63) is 29.8 Å². The molecule has 0 bridgehead atoms. The normalized spacial score (nSPS) is 21.3. The third-order valence-electron chi connectivity index (χ3n) is 5.54. The standard InChI is InChI=1S/C20H28N4O5S/c1-15(25)22-10-11-23(18(14-22)20(27)21(2)3)19(26)16-7-6-8-17(13-16)24-9-4-5-12-30(24,28)29/h6-8,13,18H,4-5,9-12,14H2,1-3H3. The zero-order chi connectivity index (χ0) is 22.1. The van der Waals surface area contributed by atoms with E-state index >= 15 is 0 Å². The van der Waals surface area contributed by atoms with E-state index in [1.54, 1.807) is 43.3 Å². The van der Waals surface area contributed by atoms with Crippen LogP contribution in [0.4, 0.5) is 5.69 Å². The van der Waals surface area contributed by atoms with Gasteiger partial charge in [0.2, 0.25) is 21.8 Å². The predicted molar refractivity (Wildman–Crippen MR) is 113 cm³/mol. The molecule has 2 aliphatic heterocycles. The molecule has 3 amide bonds. The van der Waals surface area contributed by atoms with E-state index in [1.807, 2.05) is 0 Å². The molecule has 2 aliphatic rings. The van der Waals surface area contributed by atoms with Crippen molar-refractivity contribution < 1.29 is 22.8 Å². The van der Waals surface area contributed by atoms with Crippen LogP contribution in [0.1, 0.15) is 30.1 Å². The molecule has 1 atom stereocenters. The number of rotatable bonds is 3. The molecule has 1 unspecified atom stereocenters. The summed E-state index contributed by atoms with van der Waals surface area (Å²) < 4.78 is 26.2. The maximum atomic E-state index is 13.3. The van der Waals surface area contributed by atoms with Gasteiger partial charge in [0.25, 0.3) is 5.91 Å². The minimum atomic E-state index is -3.39. The summed E-state index contributed by atoms with van der Waals surface area (Å²) in [5.41, 5.74) is 0.777. The molecule has 0 aliphatic carbocycles. The molecule has 0 spiro atoms. The van der Waals surface area contributed by atoms with Crippen LogP contribution in [0.15, 0.2) is 24.3 Å². The number of benzene rings is 1. The Morgan fingerprint density at radius 1 is 1.07 bits per heavy atom. The summed E-state index contributed by atoms with van der Waals surface area (Å²) in [6.07, 6.45) is 1.40. The first-order valence-electron chi connectivity index (χ1n) is 10.00. The third-order valence-corrected chi connectivity index (χ3v) is 7.41. The number of carbonyl (C=O) groups excluding carboxylic acids is 3. The van der Waals surface area contributed by atoms with Gasteiger partial charge in [-0.05, 0) is 31.0 Å². The minimum absolute atomic E-state index is 0.0948. The Labute approximate surface area is 177 Å². The third kappa shape index (κ3) is 4.43. The topological polar surface area (TPSA) is 98.3 Å². The fraction of sp³-hybridized carbons (Fsp3) is 0.550. The lowest BCUT2D eigenvalue weighted by molar-refractivity contribution is -0.139. The van der Waals surface area contributed by atoms with Crippen molar-refractivity contribution in [2.45, 2.75) is 25.8 Å². The molecule has 9 nitrogen and oxygen atoms in total. The van der Waals surface area contributed by atoms with Gasteiger partial charge in [0.15, 0.2) is 0 Å². The van der Waals surface area contributed by atoms with Crippen molar-refractivity contribution in [1.82, 2.24) is 14.7 Å². The monoisotopic (exact) mass is 436 g/mol. The fourth-order valence-corrected chi connectivity index (χ4v) is 5.49. The van der Waals surface area contributed by atoms with Crippen molar-refractivity contribution >= 4 is 33.4 Å². The maximum Gasteiger partial charge on any atom is 0.254 e. The average Bonchev–Trinajstić information content (AvgIpc) is 2.71. The second-order valence-electron chi connectivity index (χ2n) is 7.86. The number of amides is 3. The van der Waals surface area contributed by atoms with Crippen LogP contribution in [0, 0.1) is 0 Å². The summed E-state index contributed by atoms with van der Waals surface area (Å²) in [7, 11) is -0.171. The van der Waals surface area contributed by atoms with E-state index in [0.29, 0.717) is 30.8 Å². The summed E-state index contributed by atoms with van der Waals surface area (Å²) in [5, 5.41) is 0. The molecular formula is C20H28N4O5S. The molecule has 0 radical (unpaired) electrons. The first-order valence-corrected chi connectivity index (χ1v) is 11.6. The smallest absolute Gasteiger partial charge is 0.254 e. The van der Waals surface area contributed by atoms with Gasteiger partial charge < -0.3 is 14.7 Å². The number of nitrogens with zero attached hydrogens (tertiary/aromatic N) is 4. The van der Waals surface area contributed by atoms with Gasteiger partial charge in [0, 0.05) is 46.2 Å². The van der Waals surface area contributed by atoms with Crippen LogP contribution < -0.4 is 4.31 Å². The predicted octanol–water partition coefficient (Wildman–Crippen LogP) is 0.378. The zero-order valence-corrected chi connectivity index (χ0v) is 18.4. The quantitative estimate of drug-likeness (QED) is 0.682. The minimum Gasteiger partial charge on any atom is -0.347 e. The molecule has 2 fully saturated rings. The van der Waals surface area contributed by atoms with Gasteiger partial charge in [-0.1, -0.05) is 6.07 Å².